The molecule has 1 atom stereocenters. The van der Waals surface area contributed by atoms with Crippen LogP contribution in [0.25, 0.3) is 0 Å². The Morgan fingerprint density at radius 1 is 0.820 bits per heavy atom. The molecule has 0 saturated heterocycles. The van der Waals surface area contributed by atoms with Gasteiger partial charge in [0.05, 0.1) is 41.5 Å². The van der Waals surface area contributed by atoms with Gasteiger partial charge in [-0.3, -0.25) is 13.9 Å². The third-order valence-electron chi connectivity index (χ3n) is 7.81. The highest BCUT2D eigenvalue weighted by molar-refractivity contribution is 7.92. The predicted molar refractivity (Wildman–Crippen MR) is 196 cm³/mol. The second-order valence-corrected chi connectivity index (χ2v) is 13.9. The zero-order valence-corrected chi connectivity index (χ0v) is 30.7. The standard InChI is InChI=1S/C37H41Cl2N3O7S/c1-5-20-40-37(44)33(22-26-10-8-7-9-11-26)41(24-27-12-18-31(38)32(39)21-27)36(43)25-42(28-13-15-29(16-14-28)49-6-2)50(45,46)30-17-19-34(47-3)35(23-30)48-4/h7-19,21,23,33H,5-6,20,22,24-25H2,1-4H3,(H,40,44)/t33-/m1/s1. The molecule has 13 heteroatoms. The Kier molecular flexibility index (Phi) is 13.8. The van der Waals surface area contributed by atoms with Gasteiger partial charge < -0.3 is 24.4 Å². The highest BCUT2D eigenvalue weighted by Crippen LogP contribution is 2.33. The number of carbonyl (C=O) groups excluding carboxylic acids is 2. The molecule has 0 fully saturated rings. The van der Waals surface area contributed by atoms with Crippen molar-refractivity contribution < 1.29 is 32.2 Å². The maximum Gasteiger partial charge on any atom is 0.264 e. The van der Waals surface area contributed by atoms with Crippen molar-refractivity contribution in [3.8, 4) is 17.2 Å². The number of halogens is 2. The highest BCUT2D eigenvalue weighted by atomic mass is 35.5. The largest absolute Gasteiger partial charge is 0.494 e. The summed E-state index contributed by atoms with van der Waals surface area (Å²) in [5, 5.41) is 3.53. The first-order chi connectivity index (χ1) is 24.0. The Bertz CT molecular complexity index is 1860. The Hall–Kier alpha value is -4.45. The van der Waals surface area contributed by atoms with Crippen LogP contribution in [0.15, 0.2) is 95.9 Å². The number of benzene rings is 4. The van der Waals surface area contributed by atoms with Crippen molar-refractivity contribution in [2.75, 3.05) is 38.2 Å². The number of hydrogen-bond acceptors (Lipinski definition) is 7. The lowest BCUT2D eigenvalue weighted by atomic mass is 10.0. The predicted octanol–water partition coefficient (Wildman–Crippen LogP) is 6.77. The highest BCUT2D eigenvalue weighted by Gasteiger charge is 2.35. The lowest BCUT2D eigenvalue weighted by Crippen LogP contribution is -2.53. The summed E-state index contributed by atoms with van der Waals surface area (Å²) in [6.07, 6.45) is 0.856. The van der Waals surface area contributed by atoms with Crippen LogP contribution in [-0.2, 0) is 32.6 Å². The van der Waals surface area contributed by atoms with Crippen molar-refractivity contribution >= 4 is 50.7 Å². The van der Waals surface area contributed by atoms with Gasteiger partial charge in [0, 0.05) is 25.6 Å². The van der Waals surface area contributed by atoms with E-state index in [1.54, 1.807) is 42.5 Å². The third kappa shape index (κ3) is 9.62. The van der Waals surface area contributed by atoms with Crippen LogP contribution >= 0.6 is 23.2 Å². The van der Waals surface area contributed by atoms with Crippen molar-refractivity contribution in [1.29, 1.82) is 0 Å². The number of ether oxygens (including phenoxy) is 3. The fourth-order valence-corrected chi connectivity index (χ4v) is 7.01. The van der Waals surface area contributed by atoms with Gasteiger partial charge in [0.25, 0.3) is 10.0 Å². The van der Waals surface area contributed by atoms with Crippen molar-refractivity contribution in [1.82, 2.24) is 10.2 Å². The van der Waals surface area contributed by atoms with Crippen LogP contribution in [0.2, 0.25) is 10.0 Å². The zero-order chi connectivity index (χ0) is 36.3. The first kappa shape index (κ1) is 38.4. The lowest BCUT2D eigenvalue weighted by Gasteiger charge is -2.34. The van der Waals surface area contributed by atoms with Crippen LogP contribution < -0.4 is 23.8 Å². The van der Waals surface area contributed by atoms with E-state index < -0.39 is 28.5 Å². The SMILES string of the molecule is CCCNC(=O)[C@@H](Cc1ccccc1)N(Cc1ccc(Cl)c(Cl)c1)C(=O)CN(c1ccc(OCC)cc1)S(=O)(=O)c1ccc(OC)c(OC)c1. The maximum absolute atomic E-state index is 14.7. The van der Waals surface area contributed by atoms with Crippen LogP contribution in [0.5, 0.6) is 17.2 Å². The minimum atomic E-state index is -4.40. The first-order valence-electron chi connectivity index (χ1n) is 16.0. The van der Waals surface area contributed by atoms with E-state index in [1.807, 2.05) is 44.2 Å². The van der Waals surface area contributed by atoms with E-state index >= 15 is 0 Å². The molecular weight excluding hydrogens is 701 g/mol. The minimum absolute atomic E-state index is 0.0553. The van der Waals surface area contributed by atoms with Crippen LogP contribution in [0.4, 0.5) is 5.69 Å². The monoisotopic (exact) mass is 741 g/mol. The summed E-state index contributed by atoms with van der Waals surface area (Å²) >= 11 is 12.6. The Morgan fingerprint density at radius 3 is 2.14 bits per heavy atom. The molecule has 0 spiro atoms. The smallest absolute Gasteiger partial charge is 0.264 e. The fraction of sp³-hybridized carbons (Fsp3) is 0.297. The molecule has 0 aliphatic carbocycles. The summed E-state index contributed by atoms with van der Waals surface area (Å²) in [5.74, 6) is 0.0666. The van der Waals surface area contributed by atoms with Crippen molar-refractivity contribution in [2.24, 2.45) is 0 Å². The van der Waals surface area contributed by atoms with E-state index in [1.165, 1.54) is 37.3 Å². The molecule has 50 heavy (non-hydrogen) atoms. The van der Waals surface area contributed by atoms with E-state index in [9.17, 15) is 18.0 Å². The molecule has 0 aliphatic rings. The van der Waals surface area contributed by atoms with Gasteiger partial charge in [-0.05, 0) is 73.0 Å². The van der Waals surface area contributed by atoms with Gasteiger partial charge >= 0.3 is 0 Å². The summed E-state index contributed by atoms with van der Waals surface area (Å²) in [6.45, 7) is 3.88. The average Bonchev–Trinajstić information content (AvgIpc) is 3.12. The summed E-state index contributed by atoms with van der Waals surface area (Å²) in [5.41, 5.74) is 1.63. The third-order valence-corrected chi connectivity index (χ3v) is 10.3. The normalized spacial score (nSPS) is 11.7. The van der Waals surface area contributed by atoms with E-state index in [4.69, 9.17) is 37.4 Å². The Morgan fingerprint density at radius 2 is 1.52 bits per heavy atom. The molecule has 4 aromatic rings. The molecule has 0 unspecified atom stereocenters. The Balaban J connectivity index is 1.84. The number of methoxy groups -OCH3 is 2. The number of rotatable bonds is 17. The molecule has 2 amide bonds. The van der Waals surface area contributed by atoms with Gasteiger partial charge in [-0.1, -0.05) is 66.5 Å². The molecular formula is C37H41Cl2N3O7S. The van der Waals surface area contributed by atoms with Gasteiger partial charge in [0.2, 0.25) is 11.8 Å². The molecule has 0 radical (unpaired) electrons. The number of sulfonamides is 1. The van der Waals surface area contributed by atoms with Gasteiger partial charge in [0.1, 0.15) is 18.3 Å². The molecule has 266 valence electrons. The molecule has 0 aliphatic heterocycles. The maximum atomic E-state index is 14.7. The second-order valence-electron chi connectivity index (χ2n) is 11.2. The van der Waals surface area contributed by atoms with Gasteiger partial charge in [-0.2, -0.15) is 0 Å². The number of amides is 2. The van der Waals surface area contributed by atoms with Gasteiger partial charge in [-0.25, -0.2) is 8.42 Å². The van der Waals surface area contributed by atoms with Crippen molar-refractivity contribution in [2.45, 2.75) is 44.2 Å². The van der Waals surface area contributed by atoms with Crippen LogP contribution in [-0.4, -0.2) is 65.1 Å². The van der Waals surface area contributed by atoms with Crippen molar-refractivity contribution in [3.63, 3.8) is 0 Å². The molecule has 10 nitrogen and oxygen atoms in total. The zero-order valence-electron chi connectivity index (χ0n) is 28.4. The minimum Gasteiger partial charge on any atom is -0.494 e. The quantitative estimate of drug-likeness (QED) is 0.127. The fourth-order valence-electron chi connectivity index (χ4n) is 5.26. The number of nitrogens with one attached hydrogen (secondary N) is 1. The lowest BCUT2D eigenvalue weighted by molar-refractivity contribution is -0.140. The van der Waals surface area contributed by atoms with Gasteiger partial charge in [0.15, 0.2) is 11.5 Å². The summed E-state index contributed by atoms with van der Waals surface area (Å²) in [7, 11) is -1.55. The van der Waals surface area contributed by atoms with Crippen molar-refractivity contribution in [3.05, 3.63) is 112 Å². The molecule has 0 saturated carbocycles. The van der Waals surface area contributed by atoms with E-state index in [0.29, 0.717) is 41.7 Å². The second kappa shape index (κ2) is 18.0. The number of anilines is 1. The Labute approximate surface area is 303 Å². The summed E-state index contributed by atoms with van der Waals surface area (Å²) < 4.78 is 46.2. The van der Waals surface area contributed by atoms with Crippen LogP contribution in [0, 0.1) is 0 Å². The molecule has 4 aromatic carbocycles. The van der Waals surface area contributed by atoms with Crippen LogP contribution in [0.1, 0.15) is 31.4 Å². The first-order valence-corrected chi connectivity index (χ1v) is 18.2. The topological polar surface area (TPSA) is 114 Å². The molecule has 4 rings (SSSR count). The van der Waals surface area contributed by atoms with E-state index in [-0.39, 0.29) is 40.2 Å². The number of carbonyl (C=O) groups is 2. The number of hydrogen-bond donors (Lipinski definition) is 1. The molecule has 1 N–H and O–H groups in total. The van der Waals surface area contributed by atoms with E-state index in [0.717, 1.165) is 9.87 Å². The molecule has 0 aromatic heterocycles. The summed E-state index contributed by atoms with van der Waals surface area (Å²) in [4.78, 5) is 29.8. The van der Waals surface area contributed by atoms with Crippen LogP contribution in [0.3, 0.4) is 0 Å². The summed E-state index contributed by atoms with van der Waals surface area (Å²) in [6, 6.07) is 23.8. The number of nitrogens with zero attached hydrogens (tertiary/aromatic N) is 2. The molecule has 0 heterocycles. The van der Waals surface area contributed by atoms with E-state index in [2.05, 4.69) is 5.32 Å². The van der Waals surface area contributed by atoms with Gasteiger partial charge in [-0.15, -0.1) is 0 Å². The molecule has 0 bridgehead atoms. The average molecular weight is 743 g/mol.